The Balaban J connectivity index is 1.73. The van der Waals surface area contributed by atoms with E-state index in [1.807, 2.05) is 42.5 Å². The molecule has 1 aromatic heterocycles. The van der Waals surface area contributed by atoms with Gasteiger partial charge in [0.15, 0.2) is 0 Å². The third kappa shape index (κ3) is 3.23. The van der Waals surface area contributed by atoms with Crippen molar-refractivity contribution in [3.63, 3.8) is 0 Å². The zero-order valence-corrected chi connectivity index (χ0v) is 12.2. The van der Waals surface area contributed by atoms with Crippen molar-refractivity contribution in [1.29, 1.82) is 0 Å². The lowest BCUT2D eigenvalue weighted by atomic mass is 10.1. The largest absolute Gasteiger partial charge is 0.423 e. The van der Waals surface area contributed by atoms with Crippen LogP contribution in [0, 0.1) is 0 Å². The second-order valence-corrected chi connectivity index (χ2v) is 5.18. The molecule has 21 heavy (non-hydrogen) atoms. The normalized spacial score (nSPS) is 12.1. The van der Waals surface area contributed by atoms with Gasteiger partial charge in [-0.15, -0.1) is 10.2 Å². The first-order valence-corrected chi connectivity index (χ1v) is 6.99. The van der Waals surface area contributed by atoms with E-state index in [2.05, 4.69) is 28.5 Å². The highest BCUT2D eigenvalue weighted by Crippen LogP contribution is 2.24. The maximum atomic E-state index is 6.02. The van der Waals surface area contributed by atoms with Gasteiger partial charge in [0, 0.05) is 22.3 Å². The second-order valence-electron chi connectivity index (χ2n) is 4.74. The predicted octanol–water partition coefficient (Wildman–Crippen LogP) is 4.56. The van der Waals surface area contributed by atoms with E-state index in [-0.39, 0.29) is 6.04 Å². The Bertz CT molecular complexity index is 711. The third-order valence-corrected chi connectivity index (χ3v) is 3.46. The topological polar surface area (TPSA) is 51.0 Å². The summed E-state index contributed by atoms with van der Waals surface area (Å²) in [7, 11) is 0. The Morgan fingerprint density at radius 2 is 1.95 bits per heavy atom. The zero-order valence-electron chi connectivity index (χ0n) is 11.5. The molecule has 3 aromatic rings. The number of nitrogens with one attached hydrogen (secondary N) is 1. The van der Waals surface area contributed by atoms with Gasteiger partial charge in [0.2, 0.25) is 12.3 Å². The van der Waals surface area contributed by atoms with Crippen molar-refractivity contribution in [1.82, 2.24) is 10.2 Å². The van der Waals surface area contributed by atoms with Crippen molar-refractivity contribution in [2.75, 3.05) is 5.32 Å². The first kappa shape index (κ1) is 13.6. The summed E-state index contributed by atoms with van der Waals surface area (Å²) in [5.74, 6) is 0.518. The monoisotopic (exact) mass is 299 g/mol. The fourth-order valence-corrected chi connectivity index (χ4v) is 2.32. The number of hydrogen-bond acceptors (Lipinski definition) is 4. The molecule has 5 heteroatoms. The summed E-state index contributed by atoms with van der Waals surface area (Å²) in [6.07, 6.45) is 1.32. The SMILES string of the molecule is CC(Nc1ccc(-c2nnco2)cc1)c1cccc(Cl)c1. The maximum Gasteiger partial charge on any atom is 0.247 e. The van der Waals surface area contributed by atoms with Crippen LogP contribution in [0.25, 0.3) is 11.5 Å². The molecule has 0 saturated heterocycles. The van der Waals surface area contributed by atoms with Crippen molar-refractivity contribution in [2.24, 2.45) is 0 Å². The minimum absolute atomic E-state index is 0.165. The standard InChI is InChI=1S/C16H14ClN3O/c1-11(13-3-2-4-14(17)9-13)19-15-7-5-12(6-8-15)16-20-18-10-21-16/h2-11,19H,1H3. The van der Waals surface area contributed by atoms with Gasteiger partial charge < -0.3 is 9.73 Å². The lowest BCUT2D eigenvalue weighted by Crippen LogP contribution is -2.06. The molecule has 1 N–H and O–H groups in total. The Morgan fingerprint density at radius 1 is 1.14 bits per heavy atom. The van der Waals surface area contributed by atoms with E-state index >= 15 is 0 Å². The van der Waals surface area contributed by atoms with Gasteiger partial charge in [0.1, 0.15) is 0 Å². The summed E-state index contributed by atoms with van der Waals surface area (Å²) in [4.78, 5) is 0. The fraction of sp³-hybridized carbons (Fsp3) is 0.125. The minimum atomic E-state index is 0.165. The number of rotatable bonds is 4. The van der Waals surface area contributed by atoms with Gasteiger partial charge in [-0.3, -0.25) is 0 Å². The zero-order chi connectivity index (χ0) is 14.7. The van der Waals surface area contributed by atoms with Crippen LogP contribution in [-0.4, -0.2) is 10.2 Å². The van der Waals surface area contributed by atoms with Gasteiger partial charge in [0.25, 0.3) is 0 Å². The van der Waals surface area contributed by atoms with E-state index in [1.165, 1.54) is 6.39 Å². The Hall–Kier alpha value is -2.33. The summed E-state index contributed by atoms with van der Waals surface area (Å²) in [5.41, 5.74) is 3.06. The van der Waals surface area contributed by atoms with Gasteiger partial charge >= 0.3 is 0 Å². The van der Waals surface area contributed by atoms with E-state index in [4.69, 9.17) is 16.0 Å². The van der Waals surface area contributed by atoms with E-state index in [9.17, 15) is 0 Å². The average molecular weight is 300 g/mol. The highest BCUT2D eigenvalue weighted by Gasteiger charge is 2.07. The molecule has 1 atom stereocenters. The number of halogens is 1. The van der Waals surface area contributed by atoms with Gasteiger partial charge in [-0.25, -0.2) is 0 Å². The van der Waals surface area contributed by atoms with Crippen molar-refractivity contribution in [3.8, 4) is 11.5 Å². The van der Waals surface area contributed by atoms with Gasteiger partial charge in [-0.1, -0.05) is 23.7 Å². The quantitative estimate of drug-likeness (QED) is 0.767. The summed E-state index contributed by atoms with van der Waals surface area (Å²) in [5, 5.41) is 11.7. The molecule has 0 aliphatic heterocycles. The van der Waals surface area contributed by atoms with Crippen molar-refractivity contribution < 1.29 is 4.42 Å². The van der Waals surface area contributed by atoms with Gasteiger partial charge in [0.05, 0.1) is 0 Å². The summed E-state index contributed by atoms with van der Waals surface area (Å²) >= 11 is 6.02. The molecule has 1 unspecified atom stereocenters. The van der Waals surface area contributed by atoms with Gasteiger partial charge in [-0.2, -0.15) is 0 Å². The average Bonchev–Trinajstić information content (AvgIpc) is 3.02. The summed E-state index contributed by atoms with van der Waals surface area (Å²) in [6, 6.07) is 15.9. The fourth-order valence-electron chi connectivity index (χ4n) is 2.12. The number of anilines is 1. The molecule has 2 aromatic carbocycles. The highest BCUT2D eigenvalue weighted by atomic mass is 35.5. The lowest BCUT2D eigenvalue weighted by molar-refractivity contribution is 0.568. The second kappa shape index (κ2) is 5.97. The number of hydrogen-bond donors (Lipinski definition) is 1. The van der Waals surface area contributed by atoms with Crippen LogP contribution in [0.3, 0.4) is 0 Å². The van der Waals surface area contributed by atoms with E-state index < -0.39 is 0 Å². The molecule has 0 fully saturated rings. The van der Waals surface area contributed by atoms with Crippen LogP contribution in [0.5, 0.6) is 0 Å². The van der Waals surface area contributed by atoms with Crippen molar-refractivity contribution in [2.45, 2.75) is 13.0 Å². The lowest BCUT2D eigenvalue weighted by Gasteiger charge is -2.16. The molecule has 0 bridgehead atoms. The molecular weight excluding hydrogens is 286 g/mol. The van der Waals surface area contributed by atoms with Gasteiger partial charge in [-0.05, 0) is 48.9 Å². The Labute approximate surface area is 127 Å². The van der Waals surface area contributed by atoms with Crippen LogP contribution in [0.2, 0.25) is 5.02 Å². The van der Waals surface area contributed by atoms with Crippen LogP contribution in [0.1, 0.15) is 18.5 Å². The first-order chi connectivity index (χ1) is 10.2. The molecule has 106 valence electrons. The molecule has 0 aliphatic carbocycles. The molecule has 3 rings (SSSR count). The molecule has 4 nitrogen and oxygen atoms in total. The van der Waals surface area contributed by atoms with E-state index in [1.54, 1.807) is 0 Å². The summed E-state index contributed by atoms with van der Waals surface area (Å²) in [6.45, 7) is 2.09. The number of benzene rings is 2. The maximum absolute atomic E-state index is 6.02. The van der Waals surface area contributed by atoms with Crippen LogP contribution >= 0.6 is 11.6 Å². The van der Waals surface area contributed by atoms with E-state index in [0.29, 0.717) is 5.89 Å². The first-order valence-electron chi connectivity index (χ1n) is 6.61. The molecule has 1 heterocycles. The Kier molecular flexibility index (Phi) is 3.88. The molecule has 0 saturated carbocycles. The Morgan fingerprint density at radius 3 is 2.62 bits per heavy atom. The number of nitrogens with zero attached hydrogens (tertiary/aromatic N) is 2. The minimum Gasteiger partial charge on any atom is -0.423 e. The number of aromatic nitrogens is 2. The van der Waals surface area contributed by atoms with Crippen molar-refractivity contribution >= 4 is 17.3 Å². The van der Waals surface area contributed by atoms with Crippen LogP contribution in [0.4, 0.5) is 5.69 Å². The molecule has 0 amide bonds. The molecular formula is C16H14ClN3O. The summed E-state index contributed by atoms with van der Waals surface area (Å²) < 4.78 is 5.17. The van der Waals surface area contributed by atoms with E-state index in [0.717, 1.165) is 21.8 Å². The molecule has 0 radical (unpaired) electrons. The van der Waals surface area contributed by atoms with Crippen molar-refractivity contribution in [3.05, 3.63) is 65.5 Å². The van der Waals surface area contributed by atoms with Crippen LogP contribution < -0.4 is 5.32 Å². The smallest absolute Gasteiger partial charge is 0.247 e. The van der Waals surface area contributed by atoms with Crippen LogP contribution in [0.15, 0.2) is 59.3 Å². The highest BCUT2D eigenvalue weighted by molar-refractivity contribution is 6.30. The van der Waals surface area contributed by atoms with Crippen LogP contribution in [-0.2, 0) is 0 Å². The third-order valence-electron chi connectivity index (χ3n) is 3.22. The molecule has 0 aliphatic rings. The predicted molar refractivity (Wildman–Crippen MR) is 83.2 cm³/mol. The molecule has 0 spiro atoms.